The molecule has 2 aliphatic rings. The Morgan fingerprint density at radius 2 is 1.86 bits per heavy atom. The maximum absolute atomic E-state index is 13.0. The van der Waals surface area contributed by atoms with Crippen LogP contribution in [0.5, 0.6) is 5.75 Å². The molecule has 0 radical (unpaired) electrons. The molecule has 8 nitrogen and oxygen atoms in total. The Morgan fingerprint density at radius 1 is 1.14 bits per heavy atom. The summed E-state index contributed by atoms with van der Waals surface area (Å²) in [6.45, 7) is 6.35. The number of urea groups is 1. The lowest BCUT2D eigenvalue weighted by atomic mass is 9.86. The predicted octanol–water partition coefficient (Wildman–Crippen LogP) is 4.21. The van der Waals surface area contributed by atoms with E-state index >= 15 is 0 Å². The van der Waals surface area contributed by atoms with E-state index in [-0.39, 0.29) is 17.9 Å². The molecule has 1 atom stereocenters. The van der Waals surface area contributed by atoms with Crippen molar-refractivity contribution in [3.05, 3.63) is 64.3 Å². The highest BCUT2D eigenvalue weighted by atomic mass is 16.6. The van der Waals surface area contributed by atoms with E-state index < -0.39 is 11.5 Å². The number of hydrogen-bond acceptors (Lipinski definition) is 5. The van der Waals surface area contributed by atoms with Crippen LogP contribution in [0.1, 0.15) is 59.4 Å². The largest absolute Gasteiger partial charge is 0.497 e. The number of rotatable bonds is 4. The molecule has 2 aliphatic heterocycles. The van der Waals surface area contributed by atoms with Crippen LogP contribution in [0.25, 0.3) is 10.9 Å². The molecule has 0 spiro atoms. The fourth-order valence-electron chi connectivity index (χ4n) is 5.01. The topological polar surface area (TPSA) is 91.9 Å². The molecule has 1 unspecified atom stereocenters. The second-order valence-corrected chi connectivity index (χ2v) is 10.2. The van der Waals surface area contributed by atoms with E-state index in [2.05, 4.69) is 4.98 Å². The lowest BCUT2D eigenvalue weighted by Crippen LogP contribution is -2.55. The Labute approximate surface area is 203 Å². The zero-order chi connectivity index (χ0) is 25.1. The minimum Gasteiger partial charge on any atom is -0.497 e. The number of aromatic nitrogens is 1. The summed E-state index contributed by atoms with van der Waals surface area (Å²) in [4.78, 5) is 44.3. The third-order valence-electron chi connectivity index (χ3n) is 6.58. The summed E-state index contributed by atoms with van der Waals surface area (Å²) in [6, 6.07) is 11.0. The van der Waals surface area contributed by atoms with Gasteiger partial charge in [0.25, 0.3) is 0 Å². The van der Waals surface area contributed by atoms with Crippen molar-refractivity contribution in [3.63, 3.8) is 0 Å². The molecule has 35 heavy (non-hydrogen) atoms. The fraction of sp³-hybridized carbons (Fsp3) is 0.370. The summed E-state index contributed by atoms with van der Waals surface area (Å²) in [6.07, 6.45) is 0.589. The number of esters is 1. The molecule has 2 aromatic carbocycles. The number of nitrogens with one attached hydrogen (secondary N) is 1. The van der Waals surface area contributed by atoms with E-state index in [9.17, 15) is 14.4 Å². The highest BCUT2D eigenvalue weighted by Gasteiger charge is 2.44. The number of carbonyl (C=O) groups excluding carboxylic acids is 3. The molecular weight excluding hydrogens is 446 g/mol. The van der Waals surface area contributed by atoms with Gasteiger partial charge in [0.2, 0.25) is 5.91 Å². The summed E-state index contributed by atoms with van der Waals surface area (Å²) in [7, 11) is 3.17. The monoisotopic (exact) mass is 475 g/mol. The van der Waals surface area contributed by atoms with Gasteiger partial charge in [-0.05, 0) is 62.1 Å². The van der Waals surface area contributed by atoms with Crippen molar-refractivity contribution in [2.45, 2.75) is 45.3 Å². The van der Waals surface area contributed by atoms with E-state index in [1.165, 1.54) is 4.90 Å². The van der Waals surface area contributed by atoms with Crippen molar-refractivity contribution < 1.29 is 23.9 Å². The number of imide groups is 1. The Kier molecular flexibility index (Phi) is 5.34. The molecule has 1 N–H and O–H groups in total. The first-order valence-electron chi connectivity index (χ1n) is 11.7. The van der Waals surface area contributed by atoms with E-state index in [0.29, 0.717) is 30.8 Å². The lowest BCUT2D eigenvalue weighted by molar-refractivity contribution is -0.132. The predicted molar refractivity (Wildman–Crippen MR) is 131 cm³/mol. The number of methoxy groups -OCH3 is 1. The smallest absolute Gasteiger partial charge is 0.338 e. The van der Waals surface area contributed by atoms with E-state index in [1.807, 2.05) is 45.0 Å². The molecule has 5 rings (SSSR count). The summed E-state index contributed by atoms with van der Waals surface area (Å²) >= 11 is 0. The quantitative estimate of drug-likeness (QED) is 0.571. The van der Waals surface area contributed by atoms with E-state index in [1.54, 1.807) is 31.2 Å². The highest BCUT2D eigenvalue weighted by molar-refractivity contribution is 6.04. The molecule has 3 heterocycles. The number of benzene rings is 2. The van der Waals surface area contributed by atoms with Gasteiger partial charge in [0, 0.05) is 36.3 Å². The number of nitrogens with zero attached hydrogens (tertiary/aromatic N) is 2. The number of fused-ring (bicyclic) bond motifs is 6. The van der Waals surface area contributed by atoms with Gasteiger partial charge in [0.15, 0.2) is 0 Å². The van der Waals surface area contributed by atoms with Crippen molar-refractivity contribution >= 4 is 28.8 Å². The Hall–Kier alpha value is -3.81. The summed E-state index contributed by atoms with van der Waals surface area (Å²) in [5, 5.41) is 0.998. The van der Waals surface area contributed by atoms with Crippen LogP contribution in [-0.2, 0) is 22.5 Å². The number of aromatic amines is 1. The third-order valence-corrected chi connectivity index (χ3v) is 6.58. The first-order valence-corrected chi connectivity index (χ1v) is 11.7. The van der Waals surface area contributed by atoms with Gasteiger partial charge in [-0.1, -0.05) is 12.1 Å². The minimum absolute atomic E-state index is 0.184. The molecule has 1 saturated heterocycles. The third kappa shape index (κ3) is 4.03. The maximum atomic E-state index is 13.0. The number of likely N-dealkylation sites (N-methyl/N-ethyl adjacent to an activating group) is 1. The van der Waals surface area contributed by atoms with Gasteiger partial charge in [0.05, 0.1) is 25.1 Å². The molecule has 3 amide bonds. The Morgan fingerprint density at radius 3 is 2.51 bits per heavy atom. The molecule has 3 aromatic rings. The van der Waals surface area contributed by atoms with Crippen LogP contribution in [-0.4, -0.2) is 59.0 Å². The van der Waals surface area contributed by atoms with Crippen molar-refractivity contribution in [1.29, 1.82) is 0 Å². The average Bonchev–Trinajstić information content (AvgIpc) is 3.19. The molecule has 0 saturated carbocycles. The Bertz CT molecular complexity index is 1350. The van der Waals surface area contributed by atoms with Crippen molar-refractivity contribution in [2.75, 3.05) is 20.7 Å². The first-order chi connectivity index (χ1) is 16.6. The lowest BCUT2D eigenvalue weighted by Gasteiger charge is -2.40. The van der Waals surface area contributed by atoms with Gasteiger partial charge in [-0.2, -0.15) is 0 Å². The second kappa shape index (κ2) is 8.15. The first kappa shape index (κ1) is 23.0. The van der Waals surface area contributed by atoms with Crippen LogP contribution < -0.4 is 4.74 Å². The van der Waals surface area contributed by atoms with Crippen LogP contribution >= 0.6 is 0 Å². The van der Waals surface area contributed by atoms with E-state index in [0.717, 1.165) is 33.3 Å². The number of hydrogen-bond donors (Lipinski definition) is 1. The number of ether oxygens (including phenoxy) is 2. The van der Waals surface area contributed by atoms with Gasteiger partial charge in [0.1, 0.15) is 11.4 Å². The van der Waals surface area contributed by atoms with Crippen LogP contribution in [0.4, 0.5) is 4.79 Å². The molecule has 8 heteroatoms. The summed E-state index contributed by atoms with van der Waals surface area (Å²) in [5.41, 5.74) is 4.71. The van der Waals surface area contributed by atoms with Crippen LogP contribution in [0, 0.1) is 0 Å². The van der Waals surface area contributed by atoms with Gasteiger partial charge < -0.3 is 19.4 Å². The zero-order valence-corrected chi connectivity index (χ0v) is 20.6. The van der Waals surface area contributed by atoms with E-state index in [4.69, 9.17) is 9.47 Å². The van der Waals surface area contributed by atoms with Gasteiger partial charge in [-0.3, -0.25) is 9.69 Å². The highest BCUT2D eigenvalue weighted by Crippen LogP contribution is 2.41. The van der Waals surface area contributed by atoms with Crippen molar-refractivity contribution in [2.24, 2.45) is 0 Å². The SMILES string of the molecule is COc1cc(Cc2ccc(C(=O)OC(C)(C)C)cc2)c2c3c([nH]c2c1)CN1CC3C(=O)N(C)C1=O. The molecule has 0 aliphatic carbocycles. The second-order valence-electron chi connectivity index (χ2n) is 10.2. The van der Waals surface area contributed by atoms with Crippen LogP contribution in [0.3, 0.4) is 0 Å². The van der Waals surface area contributed by atoms with Crippen molar-refractivity contribution in [1.82, 2.24) is 14.8 Å². The number of H-pyrrole nitrogens is 1. The van der Waals surface area contributed by atoms with Crippen molar-refractivity contribution in [3.8, 4) is 5.75 Å². The Balaban J connectivity index is 1.54. The normalized spacial score (nSPS) is 17.6. The molecule has 1 fully saturated rings. The number of carbonyl (C=O) groups is 3. The van der Waals surface area contributed by atoms with Gasteiger partial charge >= 0.3 is 12.0 Å². The number of amides is 3. The summed E-state index contributed by atoms with van der Waals surface area (Å²) < 4.78 is 11.0. The average molecular weight is 476 g/mol. The van der Waals surface area contributed by atoms with Crippen LogP contribution in [0.15, 0.2) is 36.4 Å². The molecular formula is C27H29N3O5. The maximum Gasteiger partial charge on any atom is 0.338 e. The van der Waals surface area contributed by atoms with Crippen LogP contribution in [0.2, 0.25) is 0 Å². The molecule has 182 valence electrons. The summed E-state index contributed by atoms with van der Waals surface area (Å²) in [5.74, 6) is -0.237. The van der Waals surface area contributed by atoms with Gasteiger partial charge in [-0.25, -0.2) is 9.59 Å². The van der Waals surface area contributed by atoms with Gasteiger partial charge in [-0.15, -0.1) is 0 Å². The molecule has 1 aromatic heterocycles. The minimum atomic E-state index is -0.555. The fourth-order valence-corrected chi connectivity index (χ4v) is 5.01. The standard InChI is InChI=1S/C27H29N3O5/c1-27(2,3)35-25(32)16-8-6-15(7-9-16)10-17-11-18(34-5)12-20-22(17)23-19-13-30(14-21(23)28-20)26(33)29(4)24(19)31/h6-9,11-12,19,28H,10,13-14H2,1-5H3. The molecule has 2 bridgehead atoms. The zero-order valence-electron chi connectivity index (χ0n) is 20.6.